The number of esters is 1. The van der Waals surface area contributed by atoms with Gasteiger partial charge in [-0.15, -0.1) is 0 Å². The molecule has 2 N–H and O–H groups in total. The molecule has 0 spiro atoms. The van der Waals surface area contributed by atoms with Crippen LogP contribution in [-0.4, -0.2) is 64.3 Å². The third kappa shape index (κ3) is 5.12. The molecular weight excluding hydrogens is 344 g/mol. The number of nitrogens with one attached hydrogen (secondary N) is 1. The SMILES string of the molecule is COC(=O)C1=CCN(CCNS(=O)(=O)c2ccc(C)cc2)CC1CO. The van der Waals surface area contributed by atoms with Gasteiger partial charge in [0, 0.05) is 37.7 Å². The van der Waals surface area contributed by atoms with Crippen LogP contribution in [0.25, 0.3) is 0 Å². The van der Waals surface area contributed by atoms with Crippen molar-refractivity contribution in [1.82, 2.24) is 9.62 Å². The zero-order valence-electron chi connectivity index (χ0n) is 14.4. The Balaban J connectivity index is 1.91. The third-order valence-corrected chi connectivity index (χ3v) is 5.66. The number of aliphatic hydroxyl groups is 1. The van der Waals surface area contributed by atoms with Crippen LogP contribution in [0.1, 0.15) is 5.56 Å². The lowest BCUT2D eigenvalue weighted by Crippen LogP contribution is -2.42. The van der Waals surface area contributed by atoms with Gasteiger partial charge in [-0.25, -0.2) is 17.9 Å². The summed E-state index contributed by atoms with van der Waals surface area (Å²) in [5.74, 6) is -0.756. The molecule has 0 radical (unpaired) electrons. The summed E-state index contributed by atoms with van der Waals surface area (Å²) in [6.45, 7) is 3.44. The van der Waals surface area contributed by atoms with E-state index in [4.69, 9.17) is 4.74 Å². The summed E-state index contributed by atoms with van der Waals surface area (Å²) in [7, 11) is -2.23. The lowest BCUT2D eigenvalue weighted by Gasteiger charge is -2.30. The molecule has 1 heterocycles. The minimum absolute atomic E-state index is 0.160. The number of carbonyl (C=O) groups is 1. The third-order valence-electron chi connectivity index (χ3n) is 4.18. The summed E-state index contributed by atoms with van der Waals surface area (Å²) in [4.78, 5) is 13.9. The average Bonchev–Trinajstić information content (AvgIpc) is 2.61. The molecule has 1 atom stereocenters. The van der Waals surface area contributed by atoms with Crippen LogP contribution in [0.5, 0.6) is 0 Å². The number of methoxy groups -OCH3 is 1. The Labute approximate surface area is 148 Å². The molecule has 1 aromatic carbocycles. The van der Waals surface area contributed by atoms with E-state index in [1.54, 1.807) is 30.3 Å². The molecule has 25 heavy (non-hydrogen) atoms. The Morgan fingerprint density at radius 3 is 2.64 bits per heavy atom. The van der Waals surface area contributed by atoms with Crippen LogP contribution in [0.2, 0.25) is 0 Å². The molecule has 0 bridgehead atoms. The molecule has 0 saturated carbocycles. The Bertz CT molecular complexity index is 728. The number of ether oxygens (including phenoxy) is 1. The maximum atomic E-state index is 12.2. The molecule has 0 aromatic heterocycles. The van der Waals surface area contributed by atoms with Gasteiger partial charge in [0.25, 0.3) is 0 Å². The highest BCUT2D eigenvalue weighted by molar-refractivity contribution is 7.89. The summed E-state index contributed by atoms with van der Waals surface area (Å²) in [6, 6.07) is 6.66. The minimum atomic E-state index is -3.54. The van der Waals surface area contributed by atoms with E-state index in [0.29, 0.717) is 25.2 Å². The average molecular weight is 368 g/mol. The number of benzene rings is 1. The lowest BCUT2D eigenvalue weighted by molar-refractivity contribution is -0.137. The van der Waals surface area contributed by atoms with Crippen LogP contribution in [-0.2, 0) is 19.6 Å². The van der Waals surface area contributed by atoms with Crippen LogP contribution in [0.4, 0.5) is 0 Å². The van der Waals surface area contributed by atoms with Crippen molar-refractivity contribution in [3.63, 3.8) is 0 Å². The largest absolute Gasteiger partial charge is 0.466 e. The summed E-state index contributed by atoms with van der Waals surface area (Å²) in [5, 5.41) is 9.46. The van der Waals surface area contributed by atoms with Crippen LogP contribution < -0.4 is 4.72 Å². The first-order valence-corrected chi connectivity index (χ1v) is 9.53. The minimum Gasteiger partial charge on any atom is -0.466 e. The Morgan fingerprint density at radius 1 is 1.36 bits per heavy atom. The molecule has 1 aromatic rings. The van der Waals surface area contributed by atoms with E-state index in [0.717, 1.165) is 5.56 Å². The zero-order valence-corrected chi connectivity index (χ0v) is 15.3. The van der Waals surface area contributed by atoms with Gasteiger partial charge in [0.15, 0.2) is 0 Å². The Morgan fingerprint density at radius 2 is 2.04 bits per heavy atom. The number of rotatable bonds is 7. The summed E-state index contributed by atoms with van der Waals surface area (Å²) in [5.41, 5.74) is 1.47. The van der Waals surface area contributed by atoms with Crippen LogP contribution in [0.3, 0.4) is 0 Å². The molecular formula is C17H24N2O5S. The van der Waals surface area contributed by atoms with Gasteiger partial charge in [-0.3, -0.25) is 4.90 Å². The molecule has 2 rings (SSSR count). The fourth-order valence-corrected chi connectivity index (χ4v) is 3.75. The van der Waals surface area contributed by atoms with Gasteiger partial charge in [-0.05, 0) is 19.1 Å². The van der Waals surface area contributed by atoms with E-state index in [1.165, 1.54) is 7.11 Å². The molecule has 8 heteroatoms. The zero-order chi connectivity index (χ0) is 18.4. The fraction of sp³-hybridized carbons (Fsp3) is 0.471. The smallest absolute Gasteiger partial charge is 0.333 e. The number of sulfonamides is 1. The van der Waals surface area contributed by atoms with Crippen molar-refractivity contribution >= 4 is 16.0 Å². The standard InChI is InChI=1S/C17H24N2O5S/c1-13-3-5-15(6-4-13)25(22,23)18-8-10-19-9-7-16(17(21)24-2)14(11-19)12-20/h3-7,14,18,20H,8-12H2,1-2H3. The summed E-state index contributed by atoms with van der Waals surface area (Å²) < 4.78 is 31.8. The molecule has 0 saturated heterocycles. The number of nitrogens with zero attached hydrogens (tertiary/aromatic N) is 1. The van der Waals surface area contributed by atoms with Crippen LogP contribution >= 0.6 is 0 Å². The summed E-state index contributed by atoms with van der Waals surface area (Å²) in [6.07, 6.45) is 1.73. The molecule has 0 fully saturated rings. The van der Waals surface area contributed by atoms with Crippen molar-refractivity contribution in [2.75, 3.05) is 39.9 Å². The summed E-state index contributed by atoms with van der Waals surface area (Å²) >= 11 is 0. The number of aliphatic hydroxyl groups excluding tert-OH is 1. The van der Waals surface area contributed by atoms with Crippen molar-refractivity contribution in [1.29, 1.82) is 0 Å². The molecule has 1 unspecified atom stereocenters. The van der Waals surface area contributed by atoms with E-state index in [-0.39, 0.29) is 24.0 Å². The first-order chi connectivity index (χ1) is 11.9. The van der Waals surface area contributed by atoms with Crippen molar-refractivity contribution in [3.05, 3.63) is 41.5 Å². The van der Waals surface area contributed by atoms with Crippen LogP contribution in [0, 0.1) is 12.8 Å². The predicted octanol–water partition coefficient (Wildman–Crippen LogP) is 0.297. The molecule has 7 nitrogen and oxygen atoms in total. The molecule has 1 aliphatic rings. The highest BCUT2D eigenvalue weighted by atomic mass is 32.2. The van der Waals surface area contributed by atoms with E-state index in [2.05, 4.69) is 4.72 Å². The quantitative estimate of drug-likeness (QED) is 0.672. The predicted molar refractivity (Wildman–Crippen MR) is 93.5 cm³/mol. The van der Waals surface area contributed by atoms with Gasteiger partial charge in [-0.1, -0.05) is 23.8 Å². The van der Waals surface area contributed by atoms with E-state index < -0.39 is 16.0 Å². The maximum Gasteiger partial charge on any atom is 0.333 e. The van der Waals surface area contributed by atoms with Gasteiger partial charge in [-0.2, -0.15) is 0 Å². The van der Waals surface area contributed by atoms with Crippen LogP contribution in [0.15, 0.2) is 40.8 Å². The Kier molecular flexibility index (Phi) is 6.71. The number of hydrogen-bond donors (Lipinski definition) is 2. The Hall–Kier alpha value is -1.74. The van der Waals surface area contributed by atoms with Crippen molar-refractivity contribution in [2.45, 2.75) is 11.8 Å². The van der Waals surface area contributed by atoms with Gasteiger partial charge in [0.1, 0.15) is 0 Å². The fourth-order valence-electron chi connectivity index (χ4n) is 2.72. The monoisotopic (exact) mass is 368 g/mol. The second-order valence-corrected chi connectivity index (χ2v) is 7.77. The molecule has 0 aliphatic carbocycles. The lowest BCUT2D eigenvalue weighted by atomic mass is 9.95. The van der Waals surface area contributed by atoms with Gasteiger partial charge < -0.3 is 9.84 Å². The number of carbonyl (C=O) groups excluding carboxylic acids is 1. The first kappa shape index (κ1) is 19.6. The first-order valence-electron chi connectivity index (χ1n) is 8.05. The van der Waals surface area contributed by atoms with E-state index in [1.807, 2.05) is 11.8 Å². The molecule has 138 valence electrons. The molecule has 1 aliphatic heterocycles. The highest BCUT2D eigenvalue weighted by Crippen LogP contribution is 2.19. The van der Waals surface area contributed by atoms with Crippen molar-refractivity contribution < 1.29 is 23.1 Å². The molecule has 0 amide bonds. The normalized spacial score (nSPS) is 18.7. The van der Waals surface area contributed by atoms with Crippen molar-refractivity contribution in [3.8, 4) is 0 Å². The highest BCUT2D eigenvalue weighted by Gasteiger charge is 2.27. The van der Waals surface area contributed by atoms with Gasteiger partial charge in [0.2, 0.25) is 10.0 Å². The van der Waals surface area contributed by atoms with Gasteiger partial charge in [0.05, 0.1) is 18.6 Å². The number of aryl methyl sites for hydroxylation is 1. The van der Waals surface area contributed by atoms with E-state index >= 15 is 0 Å². The second-order valence-electron chi connectivity index (χ2n) is 6.00. The second kappa shape index (κ2) is 8.57. The van der Waals surface area contributed by atoms with Crippen molar-refractivity contribution in [2.24, 2.45) is 5.92 Å². The van der Waals surface area contributed by atoms with E-state index in [9.17, 15) is 18.3 Å². The van der Waals surface area contributed by atoms with Gasteiger partial charge >= 0.3 is 5.97 Å². The number of hydrogen-bond acceptors (Lipinski definition) is 6. The maximum absolute atomic E-state index is 12.2. The topological polar surface area (TPSA) is 95.9 Å².